The average molecular weight is 258 g/mol. The minimum Gasteiger partial charge on any atom is -0.481 e. The summed E-state index contributed by atoms with van der Waals surface area (Å²) in [5, 5.41) is 18.5. The Morgan fingerprint density at radius 3 is 1.44 bits per heavy atom. The molecule has 0 radical (unpaired) electrons. The lowest BCUT2D eigenvalue weighted by molar-refractivity contribution is -0.163. The zero-order chi connectivity index (χ0) is 14.5. The molecule has 0 aliphatic carbocycles. The van der Waals surface area contributed by atoms with Crippen molar-refractivity contribution in [1.82, 2.24) is 0 Å². The Morgan fingerprint density at radius 1 is 0.944 bits per heavy atom. The molecule has 18 heavy (non-hydrogen) atoms. The molecule has 0 saturated heterocycles. The molecule has 4 nitrogen and oxygen atoms in total. The molecule has 2 N–H and O–H groups in total. The van der Waals surface area contributed by atoms with E-state index in [-0.39, 0.29) is 11.8 Å². The molecule has 0 fully saturated rings. The normalized spacial score (nSPS) is 12.4. The van der Waals surface area contributed by atoms with Crippen LogP contribution in [-0.2, 0) is 9.59 Å². The summed E-state index contributed by atoms with van der Waals surface area (Å²) in [7, 11) is 0. The highest BCUT2D eigenvalue weighted by atomic mass is 16.4. The van der Waals surface area contributed by atoms with E-state index in [9.17, 15) is 19.8 Å². The SMILES string of the molecule is CCC(CC(C)C)(CC(C)C)C(C(=O)O)C(=O)O. The Labute approximate surface area is 109 Å². The molecule has 0 spiro atoms. The van der Waals surface area contributed by atoms with Crippen LogP contribution in [0.3, 0.4) is 0 Å². The van der Waals surface area contributed by atoms with Gasteiger partial charge in [-0.1, -0.05) is 34.6 Å². The largest absolute Gasteiger partial charge is 0.481 e. The predicted molar refractivity (Wildman–Crippen MR) is 70.4 cm³/mol. The van der Waals surface area contributed by atoms with Crippen LogP contribution in [0.15, 0.2) is 0 Å². The molecule has 0 unspecified atom stereocenters. The topological polar surface area (TPSA) is 74.6 Å². The number of hydrogen-bond donors (Lipinski definition) is 2. The molecule has 0 aliphatic rings. The fourth-order valence-electron chi connectivity index (χ4n) is 3.07. The van der Waals surface area contributed by atoms with Crippen LogP contribution >= 0.6 is 0 Å². The first kappa shape index (κ1) is 16.9. The second kappa shape index (κ2) is 6.76. The van der Waals surface area contributed by atoms with Crippen LogP contribution in [0, 0.1) is 23.2 Å². The van der Waals surface area contributed by atoms with E-state index >= 15 is 0 Å². The van der Waals surface area contributed by atoms with E-state index in [0.29, 0.717) is 19.3 Å². The lowest BCUT2D eigenvalue weighted by atomic mass is 9.64. The summed E-state index contributed by atoms with van der Waals surface area (Å²) in [6.45, 7) is 9.91. The van der Waals surface area contributed by atoms with Gasteiger partial charge in [-0.3, -0.25) is 9.59 Å². The van der Waals surface area contributed by atoms with Crippen LogP contribution in [0.5, 0.6) is 0 Å². The van der Waals surface area contributed by atoms with Crippen molar-refractivity contribution in [2.24, 2.45) is 23.2 Å². The van der Waals surface area contributed by atoms with Gasteiger partial charge in [0.1, 0.15) is 0 Å². The second-order valence-electron chi connectivity index (χ2n) is 6.02. The van der Waals surface area contributed by atoms with Gasteiger partial charge in [-0.05, 0) is 36.5 Å². The maximum atomic E-state index is 11.3. The summed E-state index contributed by atoms with van der Waals surface area (Å²) >= 11 is 0. The Hall–Kier alpha value is -1.06. The number of aliphatic carboxylic acids is 2. The van der Waals surface area contributed by atoms with Crippen LogP contribution in [0.4, 0.5) is 0 Å². The van der Waals surface area contributed by atoms with Gasteiger partial charge in [0.2, 0.25) is 0 Å². The van der Waals surface area contributed by atoms with Crippen molar-refractivity contribution < 1.29 is 19.8 Å². The van der Waals surface area contributed by atoms with Crippen molar-refractivity contribution in [2.45, 2.75) is 53.9 Å². The van der Waals surface area contributed by atoms with E-state index in [1.54, 1.807) is 0 Å². The zero-order valence-electron chi connectivity index (χ0n) is 12.1. The number of rotatable bonds is 8. The van der Waals surface area contributed by atoms with Crippen LogP contribution in [0.2, 0.25) is 0 Å². The molecule has 0 atom stereocenters. The molecule has 106 valence electrons. The maximum absolute atomic E-state index is 11.3. The van der Waals surface area contributed by atoms with Gasteiger partial charge in [-0.15, -0.1) is 0 Å². The van der Waals surface area contributed by atoms with Gasteiger partial charge in [0, 0.05) is 0 Å². The van der Waals surface area contributed by atoms with Gasteiger partial charge in [0.25, 0.3) is 0 Å². The van der Waals surface area contributed by atoms with E-state index in [1.807, 2.05) is 34.6 Å². The quantitative estimate of drug-likeness (QED) is 0.655. The molecule has 0 heterocycles. The average Bonchev–Trinajstić information content (AvgIpc) is 2.13. The van der Waals surface area contributed by atoms with Gasteiger partial charge >= 0.3 is 11.9 Å². The highest BCUT2D eigenvalue weighted by molar-refractivity contribution is 5.93. The predicted octanol–water partition coefficient (Wildman–Crippen LogP) is 3.26. The van der Waals surface area contributed by atoms with Crippen molar-refractivity contribution in [3.8, 4) is 0 Å². The van der Waals surface area contributed by atoms with Crippen molar-refractivity contribution >= 4 is 11.9 Å². The molecular formula is C14H26O4. The van der Waals surface area contributed by atoms with Gasteiger partial charge in [-0.25, -0.2) is 0 Å². The summed E-state index contributed by atoms with van der Waals surface area (Å²) < 4.78 is 0. The third-order valence-electron chi connectivity index (χ3n) is 3.44. The van der Waals surface area contributed by atoms with E-state index < -0.39 is 23.3 Å². The fraction of sp³-hybridized carbons (Fsp3) is 0.857. The second-order valence-corrected chi connectivity index (χ2v) is 6.02. The molecule has 0 aromatic carbocycles. The summed E-state index contributed by atoms with van der Waals surface area (Å²) in [6, 6.07) is 0. The van der Waals surface area contributed by atoms with Crippen LogP contribution in [0.1, 0.15) is 53.9 Å². The highest BCUT2D eigenvalue weighted by Crippen LogP contribution is 2.44. The lowest BCUT2D eigenvalue weighted by Crippen LogP contribution is -2.42. The minimum absolute atomic E-state index is 0.282. The summed E-state index contributed by atoms with van der Waals surface area (Å²) in [4.78, 5) is 22.7. The summed E-state index contributed by atoms with van der Waals surface area (Å²) in [6.07, 6.45) is 1.84. The molecule has 0 bridgehead atoms. The van der Waals surface area contributed by atoms with Gasteiger partial charge in [0.05, 0.1) is 0 Å². The van der Waals surface area contributed by atoms with E-state index in [0.717, 1.165) is 0 Å². The Bertz CT molecular complexity index is 270. The summed E-state index contributed by atoms with van der Waals surface area (Å²) in [5.41, 5.74) is -0.653. The van der Waals surface area contributed by atoms with Crippen molar-refractivity contribution in [2.75, 3.05) is 0 Å². The smallest absolute Gasteiger partial charge is 0.318 e. The molecule has 4 heteroatoms. The molecule has 0 aromatic heterocycles. The van der Waals surface area contributed by atoms with E-state index in [1.165, 1.54) is 0 Å². The number of carbonyl (C=O) groups is 2. The van der Waals surface area contributed by atoms with Crippen molar-refractivity contribution in [3.05, 3.63) is 0 Å². The monoisotopic (exact) mass is 258 g/mol. The third-order valence-corrected chi connectivity index (χ3v) is 3.44. The molecule has 0 amide bonds. The number of carboxylic acids is 2. The first-order chi connectivity index (χ1) is 8.16. The Morgan fingerprint density at radius 2 is 1.28 bits per heavy atom. The first-order valence-corrected chi connectivity index (χ1v) is 6.62. The van der Waals surface area contributed by atoms with Gasteiger partial charge in [-0.2, -0.15) is 0 Å². The molecular weight excluding hydrogens is 232 g/mol. The molecule has 0 aliphatic heterocycles. The number of hydrogen-bond acceptors (Lipinski definition) is 2. The Kier molecular flexibility index (Phi) is 6.36. The minimum atomic E-state index is -1.31. The molecule has 0 aromatic rings. The highest BCUT2D eigenvalue weighted by Gasteiger charge is 2.47. The van der Waals surface area contributed by atoms with Crippen molar-refractivity contribution in [3.63, 3.8) is 0 Å². The fourth-order valence-corrected chi connectivity index (χ4v) is 3.07. The van der Waals surface area contributed by atoms with E-state index in [2.05, 4.69) is 0 Å². The summed E-state index contributed by atoms with van der Waals surface area (Å²) in [5.74, 6) is -3.18. The standard InChI is InChI=1S/C14H26O4/c1-6-14(7-9(2)3,8-10(4)5)11(12(15)16)13(17)18/h9-11H,6-8H2,1-5H3,(H,15,16)(H,17,18). The van der Waals surface area contributed by atoms with Crippen LogP contribution in [0.25, 0.3) is 0 Å². The van der Waals surface area contributed by atoms with Gasteiger partial charge in [0.15, 0.2) is 5.92 Å². The first-order valence-electron chi connectivity index (χ1n) is 6.62. The molecule has 0 rings (SSSR count). The van der Waals surface area contributed by atoms with Crippen molar-refractivity contribution in [1.29, 1.82) is 0 Å². The zero-order valence-corrected chi connectivity index (χ0v) is 12.1. The van der Waals surface area contributed by atoms with E-state index in [4.69, 9.17) is 0 Å². The van der Waals surface area contributed by atoms with Crippen LogP contribution in [-0.4, -0.2) is 22.2 Å². The Balaban J connectivity index is 5.49. The molecule has 0 saturated carbocycles. The third kappa shape index (κ3) is 4.31. The maximum Gasteiger partial charge on any atom is 0.318 e. The number of carboxylic acid groups (broad SMARTS) is 2. The van der Waals surface area contributed by atoms with Gasteiger partial charge < -0.3 is 10.2 Å². The lowest BCUT2D eigenvalue weighted by Gasteiger charge is -2.39. The van der Waals surface area contributed by atoms with Crippen LogP contribution < -0.4 is 0 Å².